The molecule has 0 saturated heterocycles. The van der Waals surface area contributed by atoms with Gasteiger partial charge in [0.25, 0.3) is 5.56 Å². The lowest BCUT2D eigenvalue weighted by atomic mass is 10.2. The number of hydrogen-bond donors (Lipinski definition) is 1. The second-order valence-corrected chi connectivity index (χ2v) is 2.90. The van der Waals surface area contributed by atoms with Gasteiger partial charge in [-0.3, -0.25) is 4.79 Å². The number of pyridine rings is 1. The van der Waals surface area contributed by atoms with Crippen molar-refractivity contribution in [3.63, 3.8) is 0 Å². The van der Waals surface area contributed by atoms with E-state index in [9.17, 15) is 9.18 Å². The van der Waals surface area contributed by atoms with Gasteiger partial charge in [0.05, 0.1) is 12.6 Å². The van der Waals surface area contributed by atoms with Crippen molar-refractivity contribution in [1.29, 1.82) is 0 Å². The first kappa shape index (κ1) is 8.74. The summed E-state index contributed by atoms with van der Waals surface area (Å²) in [6.45, 7) is 0. The van der Waals surface area contributed by atoms with Crippen molar-refractivity contribution in [2.75, 3.05) is 7.11 Å². The van der Waals surface area contributed by atoms with Gasteiger partial charge >= 0.3 is 0 Å². The first-order valence-electron chi connectivity index (χ1n) is 4.07. The smallest absolute Gasteiger partial charge is 0.290 e. The zero-order valence-corrected chi connectivity index (χ0v) is 7.50. The third-order valence-corrected chi connectivity index (χ3v) is 1.99. The van der Waals surface area contributed by atoms with Gasteiger partial charge in [0.15, 0.2) is 5.75 Å². The summed E-state index contributed by atoms with van der Waals surface area (Å²) in [7, 11) is 1.42. The molecule has 14 heavy (non-hydrogen) atoms. The first-order valence-corrected chi connectivity index (χ1v) is 4.07. The number of aromatic nitrogens is 1. The van der Waals surface area contributed by atoms with E-state index in [2.05, 4.69) is 4.98 Å². The number of ether oxygens (including phenoxy) is 1. The van der Waals surface area contributed by atoms with E-state index in [0.717, 1.165) is 5.39 Å². The molecule has 1 heterocycles. The van der Waals surface area contributed by atoms with Crippen LogP contribution < -0.4 is 10.3 Å². The Hall–Kier alpha value is -1.84. The van der Waals surface area contributed by atoms with Crippen LogP contribution >= 0.6 is 0 Å². The molecule has 0 spiro atoms. The Balaban J connectivity index is 2.79. The minimum atomic E-state index is -0.377. The summed E-state index contributed by atoms with van der Waals surface area (Å²) >= 11 is 0. The molecule has 1 N–H and O–H groups in total. The Morgan fingerprint density at radius 2 is 2.14 bits per heavy atom. The fourth-order valence-electron chi connectivity index (χ4n) is 1.30. The van der Waals surface area contributed by atoms with Crippen molar-refractivity contribution in [2.45, 2.75) is 0 Å². The van der Waals surface area contributed by atoms with Crippen molar-refractivity contribution in [2.24, 2.45) is 0 Å². The maximum Gasteiger partial charge on any atom is 0.290 e. The van der Waals surface area contributed by atoms with E-state index in [1.807, 2.05) is 0 Å². The van der Waals surface area contributed by atoms with Crippen molar-refractivity contribution < 1.29 is 9.13 Å². The quantitative estimate of drug-likeness (QED) is 0.748. The molecule has 0 saturated carbocycles. The second kappa shape index (κ2) is 3.14. The van der Waals surface area contributed by atoms with E-state index in [4.69, 9.17) is 4.74 Å². The highest BCUT2D eigenvalue weighted by Crippen LogP contribution is 2.15. The molecular formula is C10H8FNO2. The Labute approximate surface area is 79.1 Å². The summed E-state index contributed by atoms with van der Waals surface area (Å²) in [5.74, 6) is -0.151. The summed E-state index contributed by atoms with van der Waals surface area (Å²) in [5.41, 5.74) is 0.112. The Morgan fingerprint density at radius 1 is 1.36 bits per heavy atom. The molecule has 0 fully saturated rings. The molecule has 0 aliphatic carbocycles. The standard InChI is InChI=1S/C10H8FNO2/c1-14-9-4-6-2-3-7(11)5-8(6)12-10(9)13/h2-5H,1H3,(H,12,13). The molecule has 0 radical (unpaired) electrons. The number of halogens is 1. The van der Waals surface area contributed by atoms with Gasteiger partial charge in [-0.2, -0.15) is 0 Å². The highest BCUT2D eigenvalue weighted by atomic mass is 19.1. The largest absolute Gasteiger partial charge is 0.491 e. The number of rotatable bonds is 1. The van der Waals surface area contributed by atoms with Crippen LogP contribution in [0.1, 0.15) is 0 Å². The van der Waals surface area contributed by atoms with Crippen LogP contribution in [0.5, 0.6) is 5.75 Å². The van der Waals surface area contributed by atoms with Crippen LogP contribution in [-0.2, 0) is 0 Å². The van der Waals surface area contributed by atoms with Gasteiger partial charge in [0.1, 0.15) is 5.82 Å². The minimum Gasteiger partial charge on any atom is -0.491 e. The normalized spacial score (nSPS) is 10.4. The summed E-state index contributed by atoms with van der Waals surface area (Å²) in [6, 6.07) is 5.77. The molecule has 0 unspecified atom stereocenters. The number of hydrogen-bond acceptors (Lipinski definition) is 2. The highest BCUT2D eigenvalue weighted by Gasteiger charge is 2.02. The molecule has 1 aromatic carbocycles. The fourth-order valence-corrected chi connectivity index (χ4v) is 1.30. The Kier molecular flexibility index (Phi) is 1.96. The lowest BCUT2D eigenvalue weighted by Gasteiger charge is -2.01. The van der Waals surface area contributed by atoms with E-state index in [1.54, 1.807) is 12.1 Å². The molecule has 0 aliphatic heterocycles. The monoisotopic (exact) mass is 193 g/mol. The SMILES string of the molecule is COc1cc2ccc(F)cc2[nH]c1=O. The van der Waals surface area contributed by atoms with Crippen LogP contribution in [0.3, 0.4) is 0 Å². The fraction of sp³-hybridized carbons (Fsp3) is 0.100. The molecule has 0 bridgehead atoms. The molecular weight excluding hydrogens is 185 g/mol. The maximum absolute atomic E-state index is 12.8. The topological polar surface area (TPSA) is 42.1 Å². The zero-order valence-electron chi connectivity index (χ0n) is 7.50. The van der Waals surface area contributed by atoms with Gasteiger partial charge < -0.3 is 9.72 Å². The average Bonchev–Trinajstić information content (AvgIpc) is 2.16. The number of nitrogens with one attached hydrogen (secondary N) is 1. The van der Waals surface area contributed by atoms with Crippen molar-refractivity contribution in [3.05, 3.63) is 40.4 Å². The van der Waals surface area contributed by atoms with Gasteiger partial charge in [0.2, 0.25) is 0 Å². The van der Waals surface area contributed by atoms with Crippen molar-refractivity contribution in [3.8, 4) is 5.75 Å². The van der Waals surface area contributed by atoms with Gasteiger partial charge in [-0.25, -0.2) is 4.39 Å². The molecule has 2 rings (SSSR count). The van der Waals surface area contributed by atoms with Crippen LogP contribution in [0.15, 0.2) is 29.1 Å². The summed E-state index contributed by atoms with van der Waals surface area (Å²) in [4.78, 5) is 13.8. The molecule has 2 aromatic rings. The lowest BCUT2D eigenvalue weighted by molar-refractivity contribution is 0.409. The number of fused-ring (bicyclic) bond motifs is 1. The summed E-state index contributed by atoms with van der Waals surface area (Å²) in [5, 5.41) is 0.739. The predicted octanol–water partition coefficient (Wildman–Crippen LogP) is 1.68. The van der Waals surface area contributed by atoms with Gasteiger partial charge in [0, 0.05) is 5.39 Å². The van der Waals surface area contributed by atoms with Crippen LogP contribution in [0, 0.1) is 5.82 Å². The number of benzene rings is 1. The maximum atomic E-state index is 12.8. The van der Waals surface area contributed by atoms with E-state index < -0.39 is 0 Å². The summed E-state index contributed by atoms with van der Waals surface area (Å²) in [6.07, 6.45) is 0. The molecule has 4 heteroatoms. The second-order valence-electron chi connectivity index (χ2n) is 2.90. The van der Waals surface area contributed by atoms with Crippen LogP contribution in [0.2, 0.25) is 0 Å². The van der Waals surface area contributed by atoms with Crippen LogP contribution in [0.25, 0.3) is 10.9 Å². The van der Waals surface area contributed by atoms with Gasteiger partial charge in [-0.1, -0.05) is 0 Å². The average molecular weight is 193 g/mol. The van der Waals surface area contributed by atoms with Crippen molar-refractivity contribution in [1.82, 2.24) is 4.98 Å². The Bertz CT molecular complexity index is 533. The molecule has 72 valence electrons. The van der Waals surface area contributed by atoms with E-state index in [0.29, 0.717) is 5.52 Å². The molecule has 0 atom stereocenters. The van der Waals surface area contributed by atoms with E-state index in [1.165, 1.54) is 19.2 Å². The molecule has 0 amide bonds. The molecule has 3 nitrogen and oxygen atoms in total. The number of aromatic amines is 1. The van der Waals surface area contributed by atoms with Gasteiger partial charge in [-0.15, -0.1) is 0 Å². The van der Waals surface area contributed by atoms with Gasteiger partial charge in [-0.05, 0) is 24.3 Å². The van der Waals surface area contributed by atoms with E-state index >= 15 is 0 Å². The van der Waals surface area contributed by atoms with Crippen LogP contribution in [0.4, 0.5) is 4.39 Å². The summed E-state index contributed by atoms with van der Waals surface area (Å²) < 4.78 is 17.6. The first-order chi connectivity index (χ1) is 6.70. The highest BCUT2D eigenvalue weighted by molar-refractivity contribution is 5.79. The minimum absolute atomic E-state index is 0.226. The van der Waals surface area contributed by atoms with Crippen molar-refractivity contribution >= 4 is 10.9 Å². The molecule has 1 aromatic heterocycles. The van der Waals surface area contributed by atoms with Crippen LogP contribution in [-0.4, -0.2) is 12.1 Å². The predicted molar refractivity (Wildman–Crippen MR) is 51.1 cm³/mol. The number of methoxy groups -OCH3 is 1. The lowest BCUT2D eigenvalue weighted by Crippen LogP contribution is -2.08. The molecule has 0 aliphatic rings. The zero-order chi connectivity index (χ0) is 10.1. The Morgan fingerprint density at radius 3 is 2.86 bits per heavy atom. The third kappa shape index (κ3) is 1.35. The third-order valence-electron chi connectivity index (χ3n) is 1.99. The number of H-pyrrole nitrogens is 1. The van der Waals surface area contributed by atoms with E-state index in [-0.39, 0.29) is 17.1 Å².